The molecule has 0 unspecified atom stereocenters. The number of fused-ring (bicyclic) bond motifs is 2. The molecule has 136 valence electrons. The van der Waals surface area contributed by atoms with Crippen LogP contribution in [0.2, 0.25) is 0 Å². The Morgan fingerprint density at radius 1 is 1.08 bits per heavy atom. The van der Waals surface area contributed by atoms with E-state index in [0.29, 0.717) is 11.0 Å². The molecule has 2 aromatic heterocycles. The van der Waals surface area contributed by atoms with Gasteiger partial charge in [0.25, 0.3) is 5.56 Å². The molecule has 26 heavy (non-hydrogen) atoms. The lowest BCUT2D eigenvalue weighted by molar-refractivity contribution is 0.333. The van der Waals surface area contributed by atoms with E-state index >= 15 is 0 Å². The molecule has 5 heteroatoms. The van der Waals surface area contributed by atoms with Gasteiger partial charge in [0, 0.05) is 24.4 Å². The van der Waals surface area contributed by atoms with Crippen LogP contribution >= 0.6 is 0 Å². The minimum absolute atomic E-state index is 0.121. The number of benzene rings is 1. The van der Waals surface area contributed by atoms with Crippen LogP contribution in [0.5, 0.6) is 0 Å². The topological polar surface area (TPSA) is 56.9 Å². The lowest BCUT2D eigenvalue weighted by Gasteiger charge is -2.27. The quantitative estimate of drug-likeness (QED) is 0.659. The molecule has 0 N–H and O–H groups in total. The summed E-state index contributed by atoms with van der Waals surface area (Å²) < 4.78 is 3.72. The number of rotatable bonds is 2. The third-order valence-corrected chi connectivity index (χ3v) is 5.63. The Balaban J connectivity index is 2.15. The third kappa shape index (κ3) is 2.49. The summed E-state index contributed by atoms with van der Waals surface area (Å²) in [6, 6.07) is 7.59. The van der Waals surface area contributed by atoms with E-state index in [0.717, 1.165) is 37.0 Å². The second-order valence-corrected chi connectivity index (χ2v) is 7.70. The van der Waals surface area contributed by atoms with Gasteiger partial charge in [0.15, 0.2) is 5.65 Å². The molecule has 0 radical (unpaired) electrons. The van der Waals surface area contributed by atoms with Gasteiger partial charge in [-0.15, -0.1) is 0 Å². The fourth-order valence-electron chi connectivity index (χ4n) is 4.29. The molecule has 4 rings (SSSR count). The number of hydrogen-bond acceptors (Lipinski definition) is 3. The number of hydrogen-bond donors (Lipinski definition) is 0. The highest BCUT2D eigenvalue weighted by atomic mass is 16.1. The molecule has 1 aliphatic carbocycles. The van der Waals surface area contributed by atoms with Crippen LogP contribution in [0.1, 0.15) is 63.7 Å². The van der Waals surface area contributed by atoms with E-state index in [1.54, 1.807) is 6.07 Å². The Morgan fingerprint density at radius 3 is 2.46 bits per heavy atom. The summed E-state index contributed by atoms with van der Waals surface area (Å²) in [5, 5.41) is 0.801. The zero-order valence-corrected chi connectivity index (χ0v) is 15.7. The highest BCUT2D eigenvalue weighted by Crippen LogP contribution is 2.30. The van der Waals surface area contributed by atoms with Gasteiger partial charge in [-0.3, -0.25) is 14.2 Å². The lowest BCUT2D eigenvalue weighted by atomic mass is 9.94. The first-order chi connectivity index (χ1) is 12.5. The average molecular weight is 351 g/mol. The molecule has 0 amide bonds. The number of aryl methyl sites for hydroxylation is 1. The molecule has 0 saturated heterocycles. The summed E-state index contributed by atoms with van der Waals surface area (Å²) in [4.78, 5) is 31.4. The fraction of sp³-hybridized carbons (Fsp3) is 0.476. The molecular weight excluding hydrogens is 326 g/mol. The van der Waals surface area contributed by atoms with Crippen molar-refractivity contribution in [2.45, 2.75) is 57.9 Å². The molecule has 0 bridgehead atoms. The molecule has 0 aliphatic heterocycles. The number of nitrogens with zero attached hydrogens (tertiary/aromatic N) is 3. The molecule has 2 heterocycles. The molecule has 5 nitrogen and oxygen atoms in total. The first-order valence-electron chi connectivity index (χ1n) is 9.54. The Kier molecular flexibility index (Phi) is 4.17. The van der Waals surface area contributed by atoms with Gasteiger partial charge < -0.3 is 4.57 Å². The van der Waals surface area contributed by atoms with Crippen molar-refractivity contribution in [2.75, 3.05) is 0 Å². The van der Waals surface area contributed by atoms with Crippen LogP contribution in [0.3, 0.4) is 0 Å². The smallest absolute Gasteiger partial charge is 0.267 e. The summed E-state index contributed by atoms with van der Waals surface area (Å²) in [6.07, 6.45) is 5.45. The van der Waals surface area contributed by atoms with Crippen molar-refractivity contribution in [3.8, 4) is 0 Å². The molecule has 1 aromatic carbocycles. The van der Waals surface area contributed by atoms with Crippen molar-refractivity contribution in [3.05, 3.63) is 50.7 Å². The summed E-state index contributed by atoms with van der Waals surface area (Å²) >= 11 is 0. The molecule has 1 aliphatic rings. The summed E-state index contributed by atoms with van der Waals surface area (Å²) in [7, 11) is 1.88. The summed E-state index contributed by atoms with van der Waals surface area (Å²) in [6.45, 7) is 4.12. The second kappa shape index (κ2) is 6.38. The maximum Gasteiger partial charge on any atom is 0.267 e. The Labute approximate surface area is 152 Å². The van der Waals surface area contributed by atoms with E-state index < -0.39 is 0 Å². The van der Waals surface area contributed by atoms with Gasteiger partial charge in [-0.05, 0) is 25.0 Å². The Hall–Kier alpha value is -2.43. The van der Waals surface area contributed by atoms with Crippen LogP contribution in [-0.4, -0.2) is 14.1 Å². The van der Waals surface area contributed by atoms with Gasteiger partial charge in [-0.1, -0.05) is 45.2 Å². The van der Waals surface area contributed by atoms with Crippen LogP contribution in [-0.2, 0) is 7.05 Å². The maximum atomic E-state index is 13.5. The van der Waals surface area contributed by atoms with Gasteiger partial charge in [-0.2, -0.15) is 0 Å². The minimum Gasteiger partial charge on any atom is -0.328 e. The van der Waals surface area contributed by atoms with Crippen molar-refractivity contribution >= 4 is 21.9 Å². The SMILES string of the molecule is CC(C)c1nc2c(c(=O)c3ccccc3n2C)c(=O)n1C1CCCCC1. The van der Waals surface area contributed by atoms with Crippen molar-refractivity contribution in [1.29, 1.82) is 0 Å². The molecule has 0 spiro atoms. The zero-order chi connectivity index (χ0) is 18.4. The highest BCUT2D eigenvalue weighted by Gasteiger charge is 2.25. The molecule has 1 fully saturated rings. The van der Waals surface area contributed by atoms with E-state index in [4.69, 9.17) is 4.98 Å². The van der Waals surface area contributed by atoms with E-state index in [1.165, 1.54) is 6.42 Å². The predicted octanol–water partition coefficient (Wildman–Crippen LogP) is 3.88. The molecule has 0 atom stereocenters. The predicted molar refractivity (Wildman–Crippen MR) is 105 cm³/mol. The maximum absolute atomic E-state index is 13.5. The second-order valence-electron chi connectivity index (χ2n) is 7.70. The number of pyridine rings is 1. The molecule has 3 aromatic rings. The third-order valence-electron chi connectivity index (χ3n) is 5.63. The van der Waals surface area contributed by atoms with Gasteiger partial charge in [0.2, 0.25) is 5.43 Å². The van der Waals surface area contributed by atoms with Gasteiger partial charge in [0.05, 0.1) is 5.52 Å². The van der Waals surface area contributed by atoms with Gasteiger partial charge in [0.1, 0.15) is 11.2 Å². The average Bonchev–Trinajstić information content (AvgIpc) is 2.66. The van der Waals surface area contributed by atoms with E-state index in [9.17, 15) is 9.59 Å². The van der Waals surface area contributed by atoms with Crippen molar-refractivity contribution in [2.24, 2.45) is 7.05 Å². The summed E-state index contributed by atoms with van der Waals surface area (Å²) in [5.41, 5.74) is 0.930. The number of aromatic nitrogens is 3. The first-order valence-corrected chi connectivity index (χ1v) is 9.54. The molecular formula is C21H25N3O2. The highest BCUT2D eigenvalue weighted by molar-refractivity contribution is 5.91. The largest absolute Gasteiger partial charge is 0.328 e. The van der Waals surface area contributed by atoms with Gasteiger partial charge in [-0.25, -0.2) is 4.98 Å². The van der Waals surface area contributed by atoms with E-state index in [2.05, 4.69) is 13.8 Å². The Bertz CT molecular complexity index is 1100. The monoisotopic (exact) mass is 351 g/mol. The number of para-hydroxylation sites is 1. The molecule has 1 saturated carbocycles. The normalized spacial score (nSPS) is 16.0. The van der Waals surface area contributed by atoms with Crippen LogP contribution in [0.15, 0.2) is 33.9 Å². The Morgan fingerprint density at radius 2 is 1.77 bits per heavy atom. The van der Waals surface area contributed by atoms with Crippen molar-refractivity contribution in [3.63, 3.8) is 0 Å². The van der Waals surface area contributed by atoms with Gasteiger partial charge >= 0.3 is 0 Å². The van der Waals surface area contributed by atoms with E-state index in [1.807, 2.05) is 34.4 Å². The van der Waals surface area contributed by atoms with Crippen LogP contribution in [0, 0.1) is 0 Å². The van der Waals surface area contributed by atoms with E-state index in [-0.39, 0.29) is 28.3 Å². The fourth-order valence-corrected chi connectivity index (χ4v) is 4.29. The zero-order valence-electron chi connectivity index (χ0n) is 15.7. The minimum atomic E-state index is -0.203. The lowest BCUT2D eigenvalue weighted by Crippen LogP contribution is -2.34. The van der Waals surface area contributed by atoms with Crippen LogP contribution in [0.25, 0.3) is 21.9 Å². The standard InChI is InChI=1S/C21H25N3O2/c1-13(2)19-22-20-17(21(26)24(19)14-9-5-4-6-10-14)18(25)15-11-7-8-12-16(15)23(20)3/h7-8,11-14H,4-6,9-10H2,1-3H3. The summed E-state index contributed by atoms with van der Waals surface area (Å²) in [5.74, 6) is 0.912. The van der Waals surface area contributed by atoms with Crippen molar-refractivity contribution in [1.82, 2.24) is 14.1 Å². The van der Waals surface area contributed by atoms with Crippen molar-refractivity contribution < 1.29 is 0 Å². The first kappa shape index (κ1) is 17.0. The van der Waals surface area contributed by atoms with Crippen LogP contribution in [0.4, 0.5) is 0 Å². The van der Waals surface area contributed by atoms with Crippen LogP contribution < -0.4 is 11.0 Å².